The maximum absolute atomic E-state index is 3.38. The van der Waals surface area contributed by atoms with Crippen LogP contribution in [0.15, 0.2) is 36.4 Å². The third-order valence-electron chi connectivity index (χ3n) is 9.67. The average Bonchev–Trinajstić information content (AvgIpc) is 2.89. The van der Waals surface area contributed by atoms with Crippen LogP contribution in [-0.2, 0) is 0 Å². The zero-order valence-electron chi connectivity index (χ0n) is 22.2. The summed E-state index contributed by atoms with van der Waals surface area (Å²) in [4.78, 5) is 0. The lowest BCUT2D eigenvalue weighted by Crippen LogP contribution is -2.25. The fourth-order valence-corrected chi connectivity index (χ4v) is 7.51. The largest absolute Gasteiger partial charge is 0.0730 e. The topological polar surface area (TPSA) is 0 Å². The van der Waals surface area contributed by atoms with Gasteiger partial charge in [-0.15, -0.1) is 0 Å². The van der Waals surface area contributed by atoms with Crippen LogP contribution in [0.2, 0.25) is 0 Å². The molecule has 0 amide bonds. The summed E-state index contributed by atoms with van der Waals surface area (Å²) in [5.74, 6) is 12.3. The van der Waals surface area contributed by atoms with Crippen molar-refractivity contribution in [2.24, 2.45) is 29.6 Å². The zero-order chi connectivity index (χ0) is 23.6. The van der Waals surface area contributed by atoms with Gasteiger partial charge in [0.05, 0.1) is 0 Å². The number of allylic oxidation sites excluding steroid dienone is 2. The summed E-state index contributed by atoms with van der Waals surface area (Å²) in [5.41, 5.74) is 2.70. The Hall–Kier alpha value is -1.48. The van der Waals surface area contributed by atoms with Crippen LogP contribution >= 0.6 is 0 Å². The first kappa shape index (κ1) is 25.6. The number of rotatable bonds is 7. The molecule has 0 heterocycles. The summed E-state index contributed by atoms with van der Waals surface area (Å²) < 4.78 is 0. The third kappa shape index (κ3) is 7.51. The van der Waals surface area contributed by atoms with Gasteiger partial charge in [0.15, 0.2) is 0 Å². The normalized spacial score (nSPS) is 32.3. The molecule has 0 unspecified atom stereocenters. The van der Waals surface area contributed by atoms with Crippen molar-refractivity contribution in [1.82, 2.24) is 0 Å². The van der Waals surface area contributed by atoms with E-state index in [4.69, 9.17) is 0 Å². The average molecular weight is 459 g/mol. The lowest BCUT2D eigenvalue weighted by molar-refractivity contribution is 0.152. The van der Waals surface area contributed by atoms with E-state index in [2.05, 4.69) is 62.1 Å². The summed E-state index contributed by atoms with van der Waals surface area (Å²) in [6.45, 7) is 4.67. The molecule has 0 saturated heterocycles. The first-order valence-electron chi connectivity index (χ1n) is 15.0. The van der Waals surface area contributed by atoms with Crippen molar-refractivity contribution >= 4 is 0 Å². The van der Waals surface area contributed by atoms with Crippen LogP contribution in [0.1, 0.15) is 134 Å². The molecular weight excluding hydrogens is 408 g/mol. The number of hydrogen-bond donors (Lipinski definition) is 0. The van der Waals surface area contributed by atoms with Crippen LogP contribution in [0, 0.1) is 41.4 Å². The van der Waals surface area contributed by atoms with Gasteiger partial charge < -0.3 is 0 Å². The smallest absolute Gasteiger partial charge is 0.0249 e. The summed E-state index contributed by atoms with van der Waals surface area (Å²) >= 11 is 0. The van der Waals surface area contributed by atoms with Crippen molar-refractivity contribution in [3.63, 3.8) is 0 Å². The molecule has 0 aromatic heterocycles. The van der Waals surface area contributed by atoms with E-state index in [1.165, 1.54) is 108 Å². The van der Waals surface area contributed by atoms with Gasteiger partial charge in [-0.05, 0) is 123 Å². The highest BCUT2D eigenvalue weighted by molar-refractivity contribution is 5.39. The van der Waals surface area contributed by atoms with Gasteiger partial charge >= 0.3 is 0 Å². The van der Waals surface area contributed by atoms with Crippen molar-refractivity contribution in [1.29, 1.82) is 0 Å². The summed E-state index contributed by atoms with van der Waals surface area (Å²) in [5, 5.41) is 0. The second-order valence-electron chi connectivity index (χ2n) is 12.0. The van der Waals surface area contributed by atoms with Crippen molar-refractivity contribution in [3.05, 3.63) is 47.5 Å². The predicted molar refractivity (Wildman–Crippen MR) is 148 cm³/mol. The molecule has 0 atom stereocenters. The number of hydrogen-bond acceptors (Lipinski definition) is 0. The van der Waals surface area contributed by atoms with Crippen molar-refractivity contribution < 1.29 is 0 Å². The maximum atomic E-state index is 3.38. The Morgan fingerprint density at radius 2 is 1.21 bits per heavy atom. The highest BCUT2D eigenvalue weighted by Crippen LogP contribution is 2.42. The minimum atomic E-state index is 0.757. The van der Waals surface area contributed by atoms with Crippen LogP contribution < -0.4 is 0 Å². The minimum Gasteiger partial charge on any atom is -0.0730 e. The molecule has 0 bridgehead atoms. The van der Waals surface area contributed by atoms with E-state index in [9.17, 15) is 0 Å². The van der Waals surface area contributed by atoms with Crippen LogP contribution in [0.4, 0.5) is 0 Å². The highest BCUT2D eigenvalue weighted by Gasteiger charge is 2.30. The van der Waals surface area contributed by atoms with Crippen LogP contribution in [0.25, 0.3) is 0 Å². The highest BCUT2D eigenvalue weighted by atomic mass is 14.4. The molecule has 1 aromatic rings. The maximum Gasteiger partial charge on any atom is 0.0249 e. The molecule has 186 valence electrons. The third-order valence-corrected chi connectivity index (χ3v) is 9.67. The van der Waals surface area contributed by atoms with E-state index in [-0.39, 0.29) is 0 Å². The Bertz CT molecular complexity index is 779. The van der Waals surface area contributed by atoms with Gasteiger partial charge in [-0.3, -0.25) is 0 Å². The summed E-state index contributed by atoms with van der Waals surface area (Å²) in [7, 11) is 0. The van der Waals surface area contributed by atoms with Gasteiger partial charge in [-0.2, -0.15) is 0 Å². The second kappa shape index (κ2) is 13.6. The van der Waals surface area contributed by atoms with E-state index in [0.29, 0.717) is 0 Å². The first-order chi connectivity index (χ1) is 16.7. The summed E-state index contributed by atoms with van der Waals surface area (Å²) in [6.07, 6.45) is 27.5. The van der Waals surface area contributed by atoms with E-state index in [1.807, 2.05) is 0 Å². The quantitative estimate of drug-likeness (QED) is 0.356. The number of benzene rings is 1. The Balaban J connectivity index is 1.17. The predicted octanol–water partition coefficient (Wildman–Crippen LogP) is 10.1. The zero-order valence-corrected chi connectivity index (χ0v) is 22.2. The lowest BCUT2D eigenvalue weighted by atomic mass is 9.69. The van der Waals surface area contributed by atoms with Gasteiger partial charge in [0, 0.05) is 5.56 Å². The van der Waals surface area contributed by atoms with Gasteiger partial charge in [0.2, 0.25) is 0 Å². The van der Waals surface area contributed by atoms with E-state index in [1.54, 1.807) is 0 Å². The summed E-state index contributed by atoms with van der Waals surface area (Å²) in [6, 6.07) is 9.18. The Morgan fingerprint density at radius 1 is 0.676 bits per heavy atom. The molecule has 0 radical (unpaired) electrons. The van der Waals surface area contributed by atoms with Gasteiger partial charge in [0.1, 0.15) is 0 Å². The van der Waals surface area contributed by atoms with Crippen molar-refractivity contribution in [3.8, 4) is 11.8 Å². The molecule has 34 heavy (non-hydrogen) atoms. The minimum absolute atomic E-state index is 0.757. The Kier molecular flexibility index (Phi) is 10.2. The molecular formula is C34H50. The lowest BCUT2D eigenvalue weighted by Gasteiger charge is -2.37. The molecule has 3 aliphatic carbocycles. The fraction of sp³-hybridized carbons (Fsp3) is 0.706. The van der Waals surface area contributed by atoms with Gasteiger partial charge in [-0.25, -0.2) is 0 Å². The fourth-order valence-electron chi connectivity index (χ4n) is 7.51. The molecule has 0 heteroatoms. The van der Waals surface area contributed by atoms with Crippen molar-refractivity contribution in [2.45, 2.75) is 122 Å². The van der Waals surface area contributed by atoms with Crippen LogP contribution in [0.5, 0.6) is 0 Å². The van der Waals surface area contributed by atoms with Gasteiger partial charge in [-0.1, -0.05) is 82.4 Å². The molecule has 3 saturated carbocycles. The van der Waals surface area contributed by atoms with Crippen LogP contribution in [0.3, 0.4) is 0 Å². The molecule has 3 aliphatic rings. The van der Waals surface area contributed by atoms with E-state index < -0.39 is 0 Å². The molecule has 0 aliphatic heterocycles. The monoisotopic (exact) mass is 458 g/mol. The SMILES string of the molecule is CCCC1CCC(c2ccc(C#C/C=C/C3CCC(C4CCC(CCC)CC4)CC3)cc2)CC1. The molecule has 3 fully saturated rings. The molecule has 1 aromatic carbocycles. The first-order valence-corrected chi connectivity index (χ1v) is 15.0. The van der Waals surface area contributed by atoms with Crippen LogP contribution in [-0.4, -0.2) is 0 Å². The standard InChI is InChI=1S/C34H50/c1-3-7-27-11-19-31(20-12-27)33-23-15-29(16-24-33)9-5-6-10-30-17-25-34(26-18-30)32-21-13-28(8-4-2)14-22-32/h5,9,17-18,25-29,31-33H,3-4,7-8,11-16,19-24H2,1-2H3/b9-5+. The van der Waals surface area contributed by atoms with Gasteiger partial charge in [0.25, 0.3) is 0 Å². The molecule has 0 nitrogen and oxygen atoms in total. The van der Waals surface area contributed by atoms with E-state index >= 15 is 0 Å². The molecule has 0 N–H and O–H groups in total. The van der Waals surface area contributed by atoms with E-state index in [0.717, 1.165) is 41.1 Å². The molecule has 4 rings (SSSR count). The Morgan fingerprint density at radius 3 is 1.76 bits per heavy atom. The Labute approximate surface area is 211 Å². The second-order valence-corrected chi connectivity index (χ2v) is 12.0. The van der Waals surface area contributed by atoms with Crippen molar-refractivity contribution in [2.75, 3.05) is 0 Å². The molecule has 0 spiro atoms.